The van der Waals surface area contributed by atoms with Gasteiger partial charge in [-0.05, 0) is 19.1 Å². The molecule has 0 bridgehead atoms. The summed E-state index contributed by atoms with van der Waals surface area (Å²) in [5, 5.41) is 12.7. The Labute approximate surface area is 99.3 Å². The maximum absolute atomic E-state index is 9.81. The molecule has 17 heavy (non-hydrogen) atoms. The molecule has 1 aromatic heterocycles. The van der Waals surface area contributed by atoms with E-state index in [-0.39, 0.29) is 5.75 Å². The fourth-order valence-electron chi connectivity index (χ4n) is 1.57. The van der Waals surface area contributed by atoms with E-state index in [1.165, 1.54) is 0 Å². The second-order valence-corrected chi connectivity index (χ2v) is 3.66. The van der Waals surface area contributed by atoms with Crippen LogP contribution in [0.3, 0.4) is 0 Å². The van der Waals surface area contributed by atoms with Gasteiger partial charge in [0.15, 0.2) is 0 Å². The second kappa shape index (κ2) is 4.29. The van der Waals surface area contributed by atoms with E-state index in [1.54, 1.807) is 32.2 Å². The van der Waals surface area contributed by atoms with Gasteiger partial charge >= 0.3 is 0 Å². The molecule has 2 rings (SSSR count). The van der Waals surface area contributed by atoms with Gasteiger partial charge in [0.2, 0.25) is 5.95 Å². The monoisotopic (exact) mass is 230 g/mol. The van der Waals surface area contributed by atoms with Crippen LogP contribution in [0.5, 0.6) is 5.75 Å². The number of aromatic nitrogens is 2. The Bertz CT molecular complexity index is 554. The minimum absolute atomic E-state index is 0.152. The SMILES string of the molecule is CNc1nc(C)c(N)c(-c2ccccc2O)n1. The van der Waals surface area contributed by atoms with Crippen molar-refractivity contribution >= 4 is 11.6 Å². The van der Waals surface area contributed by atoms with Gasteiger partial charge in [0.25, 0.3) is 0 Å². The number of hydrogen-bond acceptors (Lipinski definition) is 5. The fraction of sp³-hybridized carbons (Fsp3) is 0.167. The zero-order valence-corrected chi connectivity index (χ0v) is 9.73. The standard InChI is InChI=1S/C12H14N4O/c1-7-10(13)11(16-12(14-2)15-7)8-5-3-4-6-9(8)17/h3-6,17H,13H2,1-2H3,(H,14,15,16). The number of aryl methyl sites for hydroxylation is 1. The van der Waals surface area contributed by atoms with Crippen LogP contribution in [-0.2, 0) is 0 Å². The maximum atomic E-state index is 9.81. The van der Waals surface area contributed by atoms with Crippen molar-refractivity contribution in [3.8, 4) is 17.0 Å². The predicted molar refractivity (Wildman–Crippen MR) is 67.8 cm³/mol. The van der Waals surface area contributed by atoms with Gasteiger partial charge in [0.05, 0.1) is 11.4 Å². The summed E-state index contributed by atoms with van der Waals surface area (Å²) >= 11 is 0. The second-order valence-electron chi connectivity index (χ2n) is 3.66. The Morgan fingerprint density at radius 3 is 2.59 bits per heavy atom. The van der Waals surface area contributed by atoms with Gasteiger partial charge in [-0.25, -0.2) is 9.97 Å². The smallest absolute Gasteiger partial charge is 0.223 e. The number of benzene rings is 1. The Balaban J connectivity index is 2.67. The van der Waals surface area contributed by atoms with Gasteiger partial charge in [-0.15, -0.1) is 0 Å². The van der Waals surface area contributed by atoms with E-state index in [0.29, 0.717) is 28.6 Å². The van der Waals surface area contributed by atoms with Crippen molar-refractivity contribution < 1.29 is 5.11 Å². The lowest BCUT2D eigenvalue weighted by Crippen LogP contribution is -2.04. The third-order valence-corrected chi connectivity index (χ3v) is 2.52. The number of rotatable bonds is 2. The van der Waals surface area contributed by atoms with Gasteiger partial charge in [-0.1, -0.05) is 12.1 Å². The number of nitrogens with one attached hydrogen (secondary N) is 1. The highest BCUT2D eigenvalue weighted by atomic mass is 16.3. The van der Waals surface area contributed by atoms with E-state index in [1.807, 2.05) is 6.07 Å². The van der Waals surface area contributed by atoms with Crippen LogP contribution in [-0.4, -0.2) is 22.1 Å². The normalized spacial score (nSPS) is 10.2. The average molecular weight is 230 g/mol. The first-order valence-electron chi connectivity index (χ1n) is 5.23. The third-order valence-electron chi connectivity index (χ3n) is 2.52. The summed E-state index contributed by atoms with van der Waals surface area (Å²) in [4.78, 5) is 8.45. The van der Waals surface area contributed by atoms with Gasteiger partial charge in [-0.2, -0.15) is 0 Å². The van der Waals surface area contributed by atoms with E-state index in [2.05, 4.69) is 15.3 Å². The molecule has 0 spiro atoms. The zero-order chi connectivity index (χ0) is 12.4. The molecule has 0 saturated carbocycles. The van der Waals surface area contributed by atoms with Gasteiger partial charge in [-0.3, -0.25) is 0 Å². The largest absolute Gasteiger partial charge is 0.507 e. The first kappa shape index (κ1) is 11.2. The van der Waals surface area contributed by atoms with Crippen molar-refractivity contribution in [1.82, 2.24) is 9.97 Å². The molecule has 0 aliphatic rings. The average Bonchev–Trinajstić information content (AvgIpc) is 2.33. The summed E-state index contributed by atoms with van der Waals surface area (Å²) in [5.41, 5.74) is 8.25. The Kier molecular flexibility index (Phi) is 2.82. The summed E-state index contributed by atoms with van der Waals surface area (Å²) in [6.45, 7) is 1.81. The lowest BCUT2D eigenvalue weighted by atomic mass is 10.1. The van der Waals surface area contributed by atoms with Crippen LogP contribution < -0.4 is 11.1 Å². The molecule has 0 atom stereocenters. The van der Waals surface area contributed by atoms with E-state index in [9.17, 15) is 5.11 Å². The highest BCUT2D eigenvalue weighted by Crippen LogP contribution is 2.32. The van der Waals surface area contributed by atoms with Crippen molar-refractivity contribution in [2.24, 2.45) is 0 Å². The summed E-state index contributed by atoms with van der Waals surface area (Å²) in [5.74, 6) is 0.634. The fourth-order valence-corrected chi connectivity index (χ4v) is 1.57. The van der Waals surface area contributed by atoms with E-state index < -0.39 is 0 Å². The van der Waals surface area contributed by atoms with Crippen LogP contribution in [0.1, 0.15) is 5.69 Å². The van der Waals surface area contributed by atoms with Crippen molar-refractivity contribution in [3.63, 3.8) is 0 Å². The number of phenolic OH excluding ortho intramolecular Hbond substituents is 1. The molecule has 1 heterocycles. The van der Waals surface area contributed by atoms with Crippen LogP contribution in [0.4, 0.5) is 11.6 Å². The summed E-state index contributed by atoms with van der Waals surface area (Å²) < 4.78 is 0. The van der Waals surface area contributed by atoms with Crippen LogP contribution in [0.2, 0.25) is 0 Å². The summed E-state index contributed by atoms with van der Waals surface area (Å²) in [6.07, 6.45) is 0. The van der Waals surface area contributed by atoms with Gasteiger partial charge < -0.3 is 16.2 Å². The van der Waals surface area contributed by atoms with Crippen LogP contribution >= 0.6 is 0 Å². The minimum atomic E-state index is 0.152. The molecule has 0 unspecified atom stereocenters. The molecule has 2 aromatic rings. The Morgan fingerprint density at radius 1 is 1.24 bits per heavy atom. The number of nitrogens with two attached hydrogens (primary N) is 1. The topological polar surface area (TPSA) is 84.1 Å². The number of hydrogen-bond donors (Lipinski definition) is 3. The Hall–Kier alpha value is -2.30. The van der Waals surface area contributed by atoms with Crippen molar-refractivity contribution in [2.45, 2.75) is 6.92 Å². The number of para-hydroxylation sites is 1. The molecule has 5 heteroatoms. The molecule has 0 aliphatic carbocycles. The van der Waals surface area contributed by atoms with Crippen molar-refractivity contribution in [3.05, 3.63) is 30.0 Å². The zero-order valence-electron chi connectivity index (χ0n) is 9.73. The molecular weight excluding hydrogens is 216 g/mol. The van der Waals surface area contributed by atoms with Crippen LogP contribution in [0, 0.1) is 6.92 Å². The molecule has 0 radical (unpaired) electrons. The molecule has 88 valence electrons. The molecule has 0 fully saturated rings. The first-order chi connectivity index (χ1) is 8.13. The lowest BCUT2D eigenvalue weighted by Gasteiger charge is -2.10. The number of aromatic hydroxyl groups is 1. The Morgan fingerprint density at radius 2 is 1.94 bits per heavy atom. The minimum Gasteiger partial charge on any atom is -0.507 e. The first-order valence-corrected chi connectivity index (χ1v) is 5.23. The molecular formula is C12H14N4O. The number of phenols is 1. The van der Waals surface area contributed by atoms with Crippen molar-refractivity contribution in [2.75, 3.05) is 18.1 Å². The van der Waals surface area contributed by atoms with Crippen molar-refractivity contribution in [1.29, 1.82) is 0 Å². The van der Waals surface area contributed by atoms with Crippen LogP contribution in [0.25, 0.3) is 11.3 Å². The maximum Gasteiger partial charge on any atom is 0.223 e. The molecule has 0 aliphatic heterocycles. The predicted octanol–water partition coefficient (Wildman–Crippen LogP) is 1.78. The van der Waals surface area contributed by atoms with Crippen LogP contribution in [0.15, 0.2) is 24.3 Å². The summed E-state index contributed by atoms with van der Waals surface area (Å²) in [7, 11) is 1.74. The number of anilines is 2. The molecule has 1 aromatic carbocycles. The summed E-state index contributed by atoms with van der Waals surface area (Å²) in [6, 6.07) is 6.95. The van der Waals surface area contributed by atoms with Gasteiger partial charge in [0, 0.05) is 12.6 Å². The highest BCUT2D eigenvalue weighted by molar-refractivity contribution is 5.78. The van der Waals surface area contributed by atoms with Gasteiger partial charge in [0.1, 0.15) is 11.4 Å². The molecule has 0 amide bonds. The van der Waals surface area contributed by atoms with E-state index in [4.69, 9.17) is 5.73 Å². The van der Waals surface area contributed by atoms with E-state index in [0.717, 1.165) is 0 Å². The quantitative estimate of drug-likeness (QED) is 0.732. The molecule has 4 N–H and O–H groups in total. The number of nitrogen functional groups attached to an aromatic ring is 1. The molecule has 5 nitrogen and oxygen atoms in total. The molecule has 0 saturated heterocycles. The third kappa shape index (κ3) is 1.99. The lowest BCUT2D eigenvalue weighted by molar-refractivity contribution is 0.477. The highest BCUT2D eigenvalue weighted by Gasteiger charge is 2.13. The number of nitrogens with zero attached hydrogens (tertiary/aromatic N) is 2. The van der Waals surface area contributed by atoms with E-state index >= 15 is 0 Å².